The van der Waals surface area contributed by atoms with Crippen LogP contribution in [0.25, 0.3) is 0 Å². The highest BCUT2D eigenvalue weighted by atomic mass is 32.2. The van der Waals surface area contributed by atoms with Crippen LogP contribution in [0.1, 0.15) is 25.3 Å². The zero-order chi connectivity index (χ0) is 13.9. The molecule has 0 spiro atoms. The van der Waals surface area contributed by atoms with Crippen molar-refractivity contribution in [1.82, 2.24) is 4.31 Å². The maximum atomic E-state index is 12.5. The number of rotatable bonds is 5. The van der Waals surface area contributed by atoms with Crippen LogP contribution in [0.4, 0.5) is 0 Å². The minimum Gasteiger partial charge on any atom is -0.377 e. The van der Waals surface area contributed by atoms with E-state index in [4.69, 9.17) is 10.5 Å². The number of nitrogens with zero attached hydrogens (tertiary/aromatic N) is 1. The van der Waals surface area contributed by atoms with Gasteiger partial charge in [-0.3, -0.25) is 0 Å². The van der Waals surface area contributed by atoms with E-state index < -0.39 is 10.0 Å². The lowest BCUT2D eigenvalue weighted by Crippen LogP contribution is -2.42. The van der Waals surface area contributed by atoms with Crippen LogP contribution in [-0.4, -0.2) is 38.5 Å². The minimum atomic E-state index is -3.39. The fourth-order valence-corrected chi connectivity index (χ4v) is 5.10. The van der Waals surface area contributed by atoms with Gasteiger partial charge in [-0.2, -0.15) is 4.31 Å². The maximum Gasteiger partial charge on any atom is 0.252 e. The fraction of sp³-hybridized carbons (Fsp3) is 0.667. The van der Waals surface area contributed by atoms with E-state index in [1.165, 1.54) is 15.6 Å². The average Bonchev–Trinajstić information content (AvgIpc) is 2.89. The Morgan fingerprint density at radius 3 is 3.00 bits per heavy atom. The monoisotopic (exact) mass is 304 g/mol. The van der Waals surface area contributed by atoms with E-state index in [9.17, 15) is 8.42 Å². The van der Waals surface area contributed by atoms with Gasteiger partial charge in [0, 0.05) is 26.2 Å². The molecule has 1 unspecified atom stereocenters. The summed E-state index contributed by atoms with van der Waals surface area (Å²) in [4.78, 5) is 0. The Balaban J connectivity index is 2.14. The van der Waals surface area contributed by atoms with Crippen molar-refractivity contribution < 1.29 is 13.2 Å². The first-order valence-electron chi connectivity index (χ1n) is 6.47. The number of nitrogens with two attached hydrogens (primary N) is 1. The van der Waals surface area contributed by atoms with Gasteiger partial charge in [-0.05, 0) is 36.8 Å². The molecule has 108 valence electrons. The summed E-state index contributed by atoms with van der Waals surface area (Å²) in [5.41, 5.74) is 6.39. The van der Waals surface area contributed by atoms with Gasteiger partial charge >= 0.3 is 0 Å². The van der Waals surface area contributed by atoms with Gasteiger partial charge in [0.15, 0.2) is 0 Å². The second kappa shape index (κ2) is 6.32. The summed E-state index contributed by atoms with van der Waals surface area (Å²) in [6, 6.07) is 1.67. The number of hydrogen-bond acceptors (Lipinski definition) is 5. The van der Waals surface area contributed by atoms with E-state index in [1.807, 2.05) is 6.92 Å². The van der Waals surface area contributed by atoms with Gasteiger partial charge in [-0.25, -0.2) is 8.42 Å². The molecule has 1 saturated heterocycles. The molecule has 1 atom stereocenters. The highest BCUT2D eigenvalue weighted by Crippen LogP contribution is 2.26. The Morgan fingerprint density at radius 2 is 2.37 bits per heavy atom. The summed E-state index contributed by atoms with van der Waals surface area (Å²) in [6.45, 7) is 3.94. The summed E-state index contributed by atoms with van der Waals surface area (Å²) < 4.78 is 32.5. The van der Waals surface area contributed by atoms with Crippen LogP contribution in [-0.2, 0) is 21.3 Å². The van der Waals surface area contributed by atoms with Crippen LogP contribution in [0.5, 0.6) is 0 Å². The van der Waals surface area contributed by atoms with Gasteiger partial charge in [0.2, 0.25) is 0 Å². The van der Waals surface area contributed by atoms with Crippen LogP contribution in [0.3, 0.4) is 0 Å². The van der Waals surface area contributed by atoms with Crippen LogP contribution < -0.4 is 5.73 Å². The number of thiophene rings is 1. The topological polar surface area (TPSA) is 72.6 Å². The summed E-state index contributed by atoms with van der Waals surface area (Å²) in [6.07, 6.45) is 1.79. The van der Waals surface area contributed by atoms with Crippen molar-refractivity contribution in [1.29, 1.82) is 0 Å². The van der Waals surface area contributed by atoms with Crippen molar-refractivity contribution in [2.45, 2.75) is 36.6 Å². The predicted molar refractivity (Wildman–Crippen MR) is 75.6 cm³/mol. The maximum absolute atomic E-state index is 12.5. The Kier molecular flexibility index (Phi) is 4.97. The molecular formula is C12H20N2O3S2. The van der Waals surface area contributed by atoms with Crippen LogP contribution in [0, 0.1) is 0 Å². The lowest BCUT2D eigenvalue weighted by molar-refractivity contribution is 0.0265. The van der Waals surface area contributed by atoms with E-state index in [-0.39, 0.29) is 6.10 Å². The molecule has 2 rings (SSSR count). The van der Waals surface area contributed by atoms with Crippen molar-refractivity contribution in [3.05, 3.63) is 17.0 Å². The summed E-state index contributed by atoms with van der Waals surface area (Å²) in [5.74, 6) is 0. The van der Waals surface area contributed by atoms with Gasteiger partial charge in [0.1, 0.15) is 4.21 Å². The quantitative estimate of drug-likeness (QED) is 0.892. The standard InChI is InChI=1S/C12H20N2O3S2/c1-2-17-11-4-3-5-14(8-11)19(15,16)12-6-10(7-13)9-18-12/h6,9,11H,2-5,7-8,13H2,1H3. The second-order valence-electron chi connectivity index (χ2n) is 4.56. The Hall–Kier alpha value is -0.470. The largest absolute Gasteiger partial charge is 0.377 e. The van der Waals surface area contributed by atoms with Crippen LogP contribution >= 0.6 is 11.3 Å². The summed E-state index contributed by atoms with van der Waals surface area (Å²) >= 11 is 1.24. The molecule has 19 heavy (non-hydrogen) atoms. The summed E-state index contributed by atoms with van der Waals surface area (Å²) in [5, 5.41) is 1.80. The van der Waals surface area contributed by atoms with Crippen LogP contribution in [0.15, 0.2) is 15.7 Å². The zero-order valence-electron chi connectivity index (χ0n) is 11.0. The molecule has 1 aromatic rings. The van der Waals surface area contributed by atoms with Crippen molar-refractivity contribution in [3.8, 4) is 0 Å². The average molecular weight is 304 g/mol. The third-order valence-electron chi connectivity index (χ3n) is 3.20. The van der Waals surface area contributed by atoms with Gasteiger partial charge < -0.3 is 10.5 Å². The molecule has 0 amide bonds. The Morgan fingerprint density at radius 1 is 1.58 bits per heavy atom. The second-order valence-corrected chi connectivity index (χ2v) is 7.64. The molecule has 2 heterocycles. The van der Waals surface area contributed by atoms with Crippen molar-refractivity contribution in [2.75, 3.05) is 19.7 Å². The van der Waals surface area contributed by atoms with Gasteiger partial charge in [-0.1, -0.05) is 0 Å². The number of piperidine rings is 1. The van der Waals surface area contributed by atoms with Gasteiger partial charge in [-0.15, -0.1) is 11.3 Å². The summed E-state index contributed by atoms with van der Waals surface area (Å²) in [7, 11) is -3.39. The Bertz CT molecular complexity index is 511. The lowest BCUT2D eigenvalue weighted by Gasteiger charge is -2.31. The van der Waals surface area contributed by atoms with Crippen molar-refractivity contribution in [3.63, 3.8) is 0 Å². The Labute approximate surface area is 118 Å². The molecule has 7 heteroatoms. The molecule has 0 aliphatic carbocycles. The van der Waals surface area contributed by atoms with E-state index in [1.54, 1.807) is 11.4 Å². The molecule has 0 radical (unpaired) electrons. The fourth-order valence-electron chi connectivity index (χ4n) is 2.22. The number of ether oxygens (including phenoxy) is 1. The van der Waals surface area contributed by atoms with E-state index in [0.717, 1.165) is 18.4 Å². The predicted octanol–water partition coefficient (Wildman–Crippen LogP) is 1.40. The molecule has 2 N–H and O–H groups in total. The SMILES string of the molecule is CCOC1CCCN(S(=O)(=O)c2cc(CN)cs2)C1. The number of sulfonamides is 1. The molecule has 1 aliphatic rings. The first kappa shape index (κ1) is 14.9. The third kappa shape index (κ3) is 3.35. The molecule has 0 aromatic carbocycles. The molecule has 1 fully saturated rings. The van der Waals surface area contributed by atoms with Gasteiger partial charge in [0.25, 0.3) is 10.0 Å². The van der Waals surface area contributed by atoms with Crippen molar-refractivity contribution >= 4 is 21.4 Å². The molecule has 0 saturated carbocycles. The lowest BCUT2D eigenvalue weighted by atomic mass is 10.1. The van der Waals surface area contributed by atoms with Crippen molar-refractivity contribution in [2.24, 2.45) is 5.73 Å². The van der Waals surface area contributed by atoms with Gasteiger partial charge in [0.05, 0.1) is 6.10 Å². The number of hydrogen-bond donors (Lipinski definition) is 1. The van der Waals surface area contributed by atoms with E-state index >= 15 is 0 Å². The zero-order valence-corrected chi connectivity index (χ0v) is 12.7. The molecule has 0 bridgehead atoms. The smallest absolute Gasteiger partial charge is 0.252 e. The molecule has 5 nitrogen and oxygen atoms in total. The highest BCUT2D eigenvalue weighted by molar-refractivity contribution is 7.91. The highest BCUT2D eigenvalue weighted by Gasteiger charge is 2.31. The molecule has 1 aromatic heterocycles. The van der Waals surface area contributed by atoms with E-state index in [0.29, 0.717) is 30.5 Å². The molecular weight excluding hydrogens is 284 g/mol. The first-order chi connectivity index (χ1) is 9.07. The van der Waals surface area contributed by atoms with E-state index in [2.05, 4.69) is 0 Å². The van der Waals surface area contributed by atoms with Crippen LogP contribution in [0.2, 0.25) is 0 Å². The first-order valence-corrected chi connectivity index (χ1v) is 8.79. The molecule has 1 aliphatic heterocycles. The normalized spacial score (nSPS) is 21.7. The minimum absolute atomic E-state index is 0.0162. The third-order valence-corrected chi connectivity index (χ3v) is 6.53.